The van der Waals surface area contributed by atoms with Gasteiger partial charge in [-0.25, -0.2) is 4.39 Å². The summed E-state index contributed by atoms with van der Waals surface area (Å²) < 4.78 is 14.5. The van der Waals surface area contributed by atoms with E-state index in [0.29, 0.717) is 11.5 Å². The number of anilines is 1. The van der Waals surface area contributed by atoms with Gasteiger partial charge in [-0.15, -0.1) is 5.10 Å². The molecule has 2 aromatic carbocycles. The Bertz CT molecular complexity index is 792. The summed E-state index contributed by atoms with van der Waals surface area (Å²) in [6.45, 7) is 2.03. The van der Waals surface area contributed by atoms with Crippen LogP contribution in [0.25, 0.3) is 11.8 Å². The van der Waals surface area contributed by atoms with Gasteiger partial charge < -0.3 is 5.32 Å². The molecule has 0 amide bonds. The quantitative estimate of drug-likeness (QED) is 0.803. The minimum absolute atomic E-state index is 0.296. The van der Waals surface area contributed by atoms with E-state index in [1.54, 1.807) is 24.4 Å². The summed E-state index contributed by atoms with van der Waals surface area (Å²) >= 11 is 0. The van der Waals surface area contributed by atoms with Crippen LogP contribution in [0.2, 0.25) is 0 Å². The van der Waals surface area contributed by atoms with Gasteiger partial charge in [-0.2, -0.15) is 4.68 Å². The van der Waals surface area contributed by atoms with Crippen molar-refractivity contribution >= 4 is 11.8 Å². The first kappa shape index (κ1) is 13.9. The largest absolute Gasteiger partial charge is 0.361 e. The van der Waals surface area contributed by atoms with Crippen molar-refractivity contribution < 1.29 is 4.39 Å². The molecule has 0 spiro atoms. The van der Waals surface area contributed by atoms with Gasteiger partial charge in [0.05, 0.1) is 5.69 Å². The molecule has 110 valence electrons. The molecule has 0 radical (unpaired) electrons. The first-order valence-electron chi connectivity index (χ1n) is 6.77. The van der Waals surface area contributed by atoms with Gasteiger partial charge >= 0.3 is 0 Å². The number of hydrogen-bond acceptors (Lipinski definition) is 4. The first-order chi connectivity index (χ1) is 10.7. The van der Waals surface area contributed by atoms with Crippen molar-refractivity contribution in [2.24, 2.45) is 0 Å². The van der Waals surface area contributed by atoms with Crippen LogP contribution < -0.4 is 5.32 Å². The number of rotatable bonds is 4. The van der Waals surface area contributed by atoms with Gasteiger partial charge in [0, 0.05) is 18.0 Å². The molecule has 0 saturated heterocycles. The summed E-state index contributed by atoms with van der Waals surface area (Å²) in [6.07, 6.45) is 3.53. The summed E-state index contributed by atoms with van der Waals surface area (Å²) in [5.41, 5.74) is 2.85. The standard InChI is InChI=1S/C16H14FN5/c1-12-4-2-3-5-15(12)18-11-10-16-19-20-21-22(16)14-8-6-13(17)7-9-14/h2-11,18H,1H3/b11-10-. The molecule has 0 aliphatic heterocycles. The van der Waals surface area contributed by atoms with Gasteiger partial charge in [-0.1, -0.05) is 18.2 Å². The van der Waals surface area contributed by atoms with Gasteiger partial charge in [0.1, 0.15) is 5.82 Å². The third-order valence-electron chi connectivity index (χ3n) is 3.18. The summed E-state index contributed by atoms with van der Waals surface area (Å²) in [7, 11) is 0. The molecule has 5 nitrogen and oxygen atoms in total. The van der Waals surface area contributed by atoms with Crippen molar-refractivity contribution in [1.82, 2.24) is 20.2 Å². The first-order valence-corrected chi connectivity index (χ1v) is 6.77. The number of hydrogen-bond donors (Lipinski definition) is 1. The zero-order valence-electron chi connectivity index (χ0n) is 11.9. The van der Waals surface area contributed by atoms with Crippen LogP contribution in [0.3, 0.4) is 0 Å². The van der Waals surface area contributed by atoms with Crippen molar-refractivity contribution in [2.45, 2.75) is 6.92 Å². The van der Waals surface area contributed by atoms with Crippen LogP contribution in [-0.4, -0.2) is 20.2 Å². The number of tetrazole rings is 1. The van der Waals surface area contributed by atoms with Gasteiger partial charge in [-0.05, 0) is 53.2 Å². The average Bonchev–Trinajstić information content (AvgIpc) is 2.98. The highest BCUT2D eigenvalue weighted by Gasteiger charge is 2.05. The molecule has 0 unspecified atom stereocenters. The third-order valence-corrected chi connectivity index (χ3v) is 3.18. The van der Waals surface area contributed by atoms with Crippen LogP contribution >= 0.6 is 0 Å². The van der Waals surface area contributed by atoms with Crippen LogP contribution in [-0.2, 0) is 0 Å². The van der Waals surface area contributed by atoms with Crippen molar-refractivity contribution in [3.05, 3.63) is 71.9 Å². The molecule has 1 N–H and O–H groups in total. The van der Waals surface area contributed by atoms with Gasteiger partial charge in [0.2, 0.25) is 0 Å². The van der Waals surface area contributed by atoms with Gasteiger partial charge in [-0.3, -0.25) is 0 Å². The lowest BCUT2D eigenvalue weighted by molar-refractivity contribution is 0.626. The Morgan fingerprint density at radius 3 is 2.64 bits per heavy atom. The van der Waals surface area contributed by atoms with Crippen LogP contribution in [0.5, 0.6) is 0 Å². The molecule has 3 aromatic rings. The molecule has 0 bridgehead atoms. The van der Waals surface area contributed by atoms with E-state index in [9.17, 15) is 4.39 Å². The maximum Gasteiger partial charge on any atom is 0.181 e. The van der Waals surface area contributed by atoms with E-state index in [0.717, 1.165) is 11.3 Å². The molecule has 1 aromatic heterocycles. The second kappa shape index (κ2) is 6.17. The predicted octanol–water partition coefficient (Wildman–Crippen LogP) is 3.19. The van der Waals surface area contributed by atoms with E-state index in [1.807, 2.05) is 31.2 Å². The number of aryl methyl sites for hydroxylation is 1. The molecule has 0 aliphatic carbocycles. The highest BCUT2D eigenvalue weighted by atomic mass is 19.1. The minimum atomic E-state index is -0.296. The fourth-order valence-corrected chi connectivity index (χ4v) is 2.00. The predicted molar refractivity (Wildman–Crippen MR) is 82.9 cm³/mol. The van der Waals surface area contributed by atoms with Crippen molar-refractivity contribution in [3.8, 4) is 5.69 Å². The number of halogens is 1. The van der Waals surface area contributed by atoms with E-state index in [1.165, 1.54) is 16.8 Å². The van der Waals surface area contributed by atoms with Crippen LogP contribution in [0, 0.1) is 12.7 Å². The van der Waals surface area contributed by atoms with Gasteiger partial charge in [0.15, 0.2) is 5.82 Å². The minimum Gasteiger partial charge on any atom is -0.361 e. The van der Waals surface area contributed by atoms with Crippen LogP contribution in [0.15, 0.2) is 54.7 Å². The molecule has 0 aliphatic rings. The van der Waals surface area contributed by atoms with Crippen LogP contribution in [0.4, 0.5) is 10.1 Å². The Kier molecular flexibility index (Phi) is 3.91. The van der Waals surface area contributed by atoms with Gasteiger partial charge in [0.25, 0.3) is 0 Å². The highest BCUT2D eigenvalue weighted by molar-refractivity contribution is 5.56. The van der Waals surface area contributed by atoms with E-state index in [2.05, 4.69) is 20.8 Å². The van der Waals surface area contributed by atoms with Crippen molar-refractivity contribution in [1.29, 1.82) is 0 Å². The smallest absolute Gasteiger partial charge is 0.181 e. The molecular weight excluding hydrogens is 281 g/mol. The maximum absolute atomic E-state index is 13.0. The van der Waals surface area contributed by atoms with Crippen LogP contribution in [0.1, 0.15) is 11.4 Å². The third kappa shape index (κ3) is 3.01. The summed E-state index contributed by atoms with van der Waals surface area (Å²) in [5, 5.41) is 14.7. The van der Waals surface area contributed by atoms with E-state index >= 15 is 0 Å². The second-order valence-corrected chi connectivity index (χ2v) is 4.72. The number of para-hydroxylation sites is 1. The summed E-state index contributed by atoms with van der Waals surface area (Å²) in [6, 6.07) is 14.0. The summed E-state index contributed by atoms with van der Waals surface area (Å²) in [5.74, 6) is 0.253. The molecule has 0 saturated carbocycles. The normalized spacial score (nSPS) is 11.0. The van der Waals surface area contributed by atoms with E-state index in [4.69, 9.17) is 0 Å². The molecular formula is C16H14FN5. The lowest BCUT2D eigenvalue weighted by Crippen LogP contribution is -2.00. The fraction of sp³-hybridized carbons (Fsp3) is 0.0625. The van der Waals surface area contributed by atoms with Crippen molar-refractivity contribution in [2.75, 3.05) is 5.32 Å². The maximum atomic E-state index is 13.0. The Labute approximate surface area is 127 Å². The molecule has 1 heterocycles. The Morgan fingerprint density at radius 1 is 1.09 bits per heavy atom. The highest BCUT2D eigenvalue weighted by Crippen LogP contribution is 2.14. The molecule has 0 atom stereocenters. The summed E-state index contributed by atoms with van der Waals surface area (Å²) in [4.78, 5) is 0. The van der Waals surface area contributed by atoms with Crippen molar-refractivity contribution in [3.63, 3.8) is 0 Å². The molecule has 6 heteroatoms. The SMILES string of the molecule is Cc1ccccc1N/C=C\c1nnnn1-c1ccc(F)cc1. The molecule has 22 heavy (non-hydrogen) atoms. The lowest BCUT2D eigenvalue weighted by atomic mass is 10.2. The number of nitrogens with one attached hydrogen (secondary N) is 1. The second-order valence-electron chi connectivity index (χ2n) is 4.72. The Hall–Kier alpha value is -3.02. The zero-order chi connectivity index (χ0) is 15.4. The average molecular weight is 295 g/mol. The van der Waals surface area contributed by atoms with E-state index in [-0.39, 0.29) is 5.82 Å². The number of aromatic nitrogens is 4. The monoisotopic (exact) mass is 295 g/mol. The Balaban J connectivity index is 1.79. The number of nitrogens with zero attached hydrogens (tertiary/aromatic N) is 4. The zero-order valence-corrected chi connectivity index (χ0v) is 11.9. The fourth-order valence-electron chi connectivity index (χ4n) is 2.00. The Morgan fingerprint density at radius 2 is 1.86 bits per heavy atom. The molecule has 0 fully saturated rings. The topological polar surface area (TPSA) is 55.6 Å². The lowest BCUT2D eigenvalue weighted by Gasteiger charge is -2.04. The number of benzene rings is 2. The molecule has 3 rings (SSSR count). The van der Waals surface area contributed by atoms with E-state index < -0.39 is 0 Å².